The number of ether oxygens (including phenoxy) is 1. The molecule has 1 nitrogen and oxygen atoms in total. The second kappa shape index (κ2) is 13.8. The van der Waals surface area contributed by atoms with Crippen LogP contribution in [0.4, 0.5) is 0 Å². The van der Waals surface area contributed by atoms with Gasteiger partial charge in [-0.3, -0.25) is 0 Å². The van der Waals surface area contributed by atoms with Crippen molar-refractivity contribution in [2.24, 2.45) is 0 Å². The zero-order chi connectivity index (χ0) is 24.3. The van der Waals surface area contributed by atoms with Gasteiger partial charge in [-0.05, 0) is 109 Å². The van der Waals surface area contributed by atoms with Gasteiger partial charge in [0.2, 0.25) is 0 Å². The maximum Gasteiger partial charge on any atom is 0.0681 e. The first-order valence-corrected chi connectivity index (χ1v) is 14.4. The Morgan fingerprint density at radius 2 is 1.06 bits per heavy atom. The topological polar surface area (TPSA) is 9.23 Å². The maximum absolute atomic E-state index is 6.16. The summed E-state index contributed by atoms with van der Waals surface area (Å²) in [4.78, 5) is 0. The fourth-order valence-corrected chi connectivity index (χ4v) is 5.63. The molecule has 2 atom stereocenters. The van der Waals surface area contributed by atoms with E-state index in [-0.39, 0.29) is 0 Å². The van der Waals surface area contributed by atoms with Gasteiger partial charge < -0.3 is 4.74 Å². The highest BCUT2D eigenvalue weighted by molar-refractivity contribution is 5.29. The van der Waals surface area contributed by atoms with Crippen LogP contribution in [0.25, 0.3) is 0 Å². The highest BCUT2D eigenvalue weighted by Gasteiger charge is 2.18. The lowest BCUT2D eigenvalue weighted by atomic mass is 9.84. The molecule has 2 unspecified atom stereocenters. The molecule has 0 spiro atoms. The molecule has 0 aromatic heterocycles. The molecule has 2 aliphatic rings. The Morgan fingerprint density at radius 1 is 0.629 bits per heavy atom. The zero-order valence-corrected chi connectivity index (χ0v) is 22.2. The van der Waals surface area contributed by atoms with Crippen molar-refractivity contribution in [2.45, 2.75) is 103 Å². The Labute approximate surface area is 214 Å². The van der Waals surface area contributed by atoms with E-state index in [1.54, 1.807) is 0 Å². The summed E-state index contributed by atoms with van der Waals surface area (Å²) >= 11 is 0. The molecule has 0 aliphatic heterocycles. The zero-order valence-electron chi connectivity index (χ0n) is 22.2. The van der Waals surface area contributed by atoms with Crippen LogP contribution in [0.1, 0.15) is 112 Å². The Hall–Kier alpha value is -2.12. The SMILES string of the molecule is CCCCc1ccc(C2CC=C(COCC3=CCC(c4ccc(CCCC)cc4)CC3)CC2)cc1. The van der Waals surface area contributed by atoms with Crippen molar-refractivity contribution in [2.75, 3.05) is 13.2 Å². The van der Waals surface area contributed by atoms with Crippen LogP contribution in [0, 0.1) is 0 Å². The predicted molar refractivity (Wildman–Crippen MR) is 150 cm³/mol. The van der Waals surface area contributed by atoms with Crippen LogP contribution in [0.3, 0.4) is 0 Å². The van der Waals surface area contributed by atoms with Gasteiger partial charge in [-0.15, -0.1) is 0 Å². The fraction of sp³-hybridized carbons (Fsp3) is 0.529. The van der Waals surface area contributed by atoms with Crippen molar-refractivity contribution in [3.8, 4) is 0 Å². The highest BCUT2D eigenvalue weighted by Crippen LogP contribution is 2.34. The van der Waals surface area contributed by atoms with Gasteiger partial charge in [-0.1, -0.05) is 87.4 Å². The van der Waals surface area contributed by atoms with Crippen molar-refractivity contribution < 1.29 is 4.74 Å². The minimum atomic E-state index is 0.678. The summed E-state index contributed by atoms with van der Waals surface area (Å²) in [6.07, 6.45) is 19.6. The summed E-state index contributed by atoms with van der Waals surface area (Å²) in [5, 5.41) is 0. The second-order valence-electron chi connectivity index (χ2n) is 10.9. The molecular formula is C34H46O. The lowest BCUT2D eigenvalue weighted by Crippen LogP contribution is -2.11. The molecule has 1 heteroatoms. The van der Waals surface area contributed by atoms with Crippen LogP contribution in [-0.4, -0.2) is 13.2 Å². The van der Waals surface area contributed by atoms with Gasteiger partial charge in [0.1, 0.15) is 0 Å². The van der Waals surface area contributed by atoms with E-state index >= 15 is 0 Å². The number of aryl methyl sites for hydroxylation is 2. The van der Waals surface area contributed by atoms with Gasteiger partial charge in [0.15, 0.2) is 0 Å². The molecule has 0 heterocycles. The van der Waals surface area contributed by atoms with Crippen LogP contribution in [0.5, 0.6) is 0 Å². The standard InChI is InChI=1S/C34H46O/c1-3-5-7-27-9-17-31(18-10-27)33-21-13-29(14-22-33)25-35-26-30-15-23-34(24-16-30)32-19-11-28(12-20-32)8-6-4-2/h9-13,15,17-20,33-34H,3-8,14,16,21-26H2,1-2H3. The lowest BCUT2D eigenvalue weighted by molar-refractivity contribution is 0.172. The molecule has 0 N–H and O–H groups in total. The predicted octanol–water partition coefficient (Wildman–Crippen LogP) is 9.48. The van der Waals surface area contributed by atoms with Gasteiger partial charge in [-0.2, -0.15) is 0 Å². The third kappa shape index (κ3) is 7.94. The average molecular weight is 471 g/mol. The Morgan fingerprint density at radius 3 is 1.40 bits per heavy atom. The summed E-state index contributed by atoms with van der Waals surface area (Å²) < 4.78 is 6.16. The van der Waals surface area contributed by atoms with Crippen LogP contribution in [0.15, 0.2) is 71.8 Å². The van der Waals surface area contributed by atoms with Crippen LogP contribution >= 0.6 is 0 Å². The van der Waals surface area contributed by atoms with E-state index in [9.17, 15) is 0 Å². The number of benzene rings is 2. The second-order valence-corrected chi connectivity index (χ2v) is 10.9. The van der Waals surface area contributed by atoms with E-state index in [1.807, 2.05) is 0 Å². The Bertz CT molecular complexity index is 868. The Balaban J connectivity index is 1.17. The molecule has 0 amide bonds. The number of hydrogen-bond acceptors (Lipinski definition) is 1. The molecule has 35 heavy (non-hydrogen) atoms. The molecule has 0 saturated heterocycles. The molecule has 0 saturated carbocycles. The maximum atomic E-state index is 6.16. The largest absolute Gasteiger partial charge is 0.373 e. The average Bonchev–Trinajstić information content (AvgIpc) is 2.92. The minimum absolute atomic E-state index is 0.678. The molecule has 2 aliphatic carbocycles. The first-order valence-electron chi connectivity index (χ1n) is 14.4. The van der Waals surface area contributed by atoms with Crippen LogP contribution in [0.2, 0.25) is 0 Å². The number of unbranched alkanes of at least 4 members (excludes halogenated alkanes) is 2. The van der Waals surface area contributed by atoms with E-state index in [1.165, 1.54) is 97.6 Å². The molecule has 2 aromatic carbocycles. The molecule has 0 fully saturated rings. The fourth-order valence-electron chi connectivity index (χ4n) is 5.63. The van der Waals surface area contributed by atoms with E-state index in [2.05, 4.69) is 74.5 Å². The summed E-state index contributed by atoms with van der Waals surface area (Å²) in [6, 6.07) is 18.9. The molecule has 0 bridgehead atoms. The highest BCUT2D eigenvalue weighted by atomic mass is 16.5. The molecule has 4 rings (SSSR count). The van der Waals surface area contributed by atoms with E-state index < -0.39 is 0 Å². The van der Waals surface area contributed by atoms with Crippen molar-refractivity contribution in [1.82, 2.24) is 0 Å². The van der Waals surface area contributed by atoms with Crippen molar-refractivity contribution >= 4 is 0 Å². The summed E-state index contributed by atoms with van der Waals surface area (Å²) in [6.45, 7) is 6.15. The van der Waals surface area contributed by atoms with Gasteiger partial charge in [0.25, 0.3) is 0 Å². The lowest BCUT2D eigenvalue weighted by Gasteiger charge is -2.24. The van der Waals surface area contributed by atoms with E-state index in [0.717, 1.165) is 26.1 Å². The van der Waals surface area contributed by atoms with Gasteiger partial charge in [0, 0.05) is 0 Å². The summed E-state index contributed by atoms with van der Waals surface area (Å²) in [5.74, 6) is 1.36. The van der Waals surface area contributed by atoms with E-state index in [4.69, 9.17) is 4.74 Å². The minimum Gasteiger partial charge on any atom is -0.373 e. The Kier molecular flexibility index (Phi) is 10.3. The third-order valence-corrected chi connectivity index (χ3v) is 8.13. The third-order valence-electron chi connectivity index (χ3n) is 8.13. The van der Waals surface area contributed by atoms with Gasteiger partial charge in [0.05, 0.1) is 13.2 Å². The molecular weight excluding hydrogens is 424 g/mol. The first kappa shape index (κ1) is 26.0. The van der Waals surface area contributed by atoms with Crippen molar-refractivity contribution in [1.29, 1.82) is 0 Å². The molecule has 188 valence electrons. The first-order chi connectivity index (χ1) is 17.2. The summed E-state index contributed by atoms with van der Waals surface area (Å²) in [7, 11) is 0. The quantitative estimate of drug-likeness (QED) is 0.281. The smallest absolute Gasteiger partial charge is 0.0681 e. The van der Waals surface area contributed by atoms with Gasteiger partial charge >= 0.3 is 0 Å². The number of hydrogen-bond donors (Lipinski definition) is 0. The van der Waals surface area contributed by atoms with Crippen LogP contribution in [-0.2, 0) is 17.6 Å². The van der Waals surface area contributed by atoms with Gasteiger partial charge in [-0.25, -0.2) is 0 Å². The van der Waals surface area contributed by atoms with Crippen molar-refractivity contribution in [3.05, 3.63) is 94.1 Å². The van der Waals surface area contributed by atoms with Crippen LogP contribution < -0.4 is 0 Å². The molecule has 2 aromatic rings. The van der Waals surface area contributed by atoms with E-state index in [0.29, 0.717) is 11.8 Å². The van der Waals surface area contributed by atoms with Crippen molar-refractivity contribution in [3.63, 3.8) is 0 Å². The normalized spacial score (nSPS) is 20.4. The monoisotopic (exact) mass is 470 g/mol. The number of rotatable bonds is 12. The number of allylic oxidation sites excluding steroid dienone is 2. The summed E-state index contributed by atoms with van der Waals surface area (Å²) in [5.41, 5.74) is 8.99. The molecule has 0 radical (unpaired) electrons.